The summed E-state index contributed by atoms with van der Waals surface area (Å²) in [5.41, 5.74) is 0. The fraction of sp³-hybridized carbons (Fsp3) is 0.467. The highest BCUT2D eigenvalue weighted by molar-refractivity contribution is 7.09. The Morgan fingerprint density at radius 3 is 3.00 bits per heavy atom. The summed E-state index contributed by atoms with van der Waals surface area (Å²) in [4.78, 5) is 1.44. The van der Waals surface area contributed by atoms with Gasteiger partial charge < -0.3 is 9.73 Å². The third kappa shape index (κ3) is 2.85. The smallest absolute Gasteiger partial charge is 0.117 e. The molecule has 2 unspecified atom stereocenters. The van der Waals surface area contributed by atoms with Crippen LogP contribution in [0.1, 0.15) is 35.7 Å². The molecular weight excluding hydrogens is 242 g/mol. The molecule has 0 radical (unpaired) electrons. The van der Waals surface area contributed by atoms with Gasteiger partial charge in [-0.25, -0.2) is 0 Å². The molecule has 1 aliphatic rings. The lowest BCUT2D eigenvalue weighted by atomic mass is 10.3. The molecule has 3 heteroatoms. The van der Waals surface area contributed by atoms with Crippen LogP contribution < -0.4 is 5.32 Å². The first-order valence-corrected chi connectivity index (χ1v) is 7.52. The van der Waals surface area contributed by atoms with Gasteiger partial charge in [-0.2, -0.15) is 0 Å². The highest BCUT2D eigenvalue weighted by atomic mass is 32.1. The van der Waals surface area contributed by atoms with Crippen molar-refractivity contribution < 1.29 is 4.42 Å². The zero-order valence-corrected chi connectivity index (χ0v) is 11.5. The maximum absolute atomic E-state index is 5.86. The quantitative estimate of drug-likeness (QED) is 0.800. The molecule has 2 aromatic heterocycles. The second kappa shape index (κ2) is 5.29. The molecule has 1 aliphatic carbocycles. The van der Waals surface area contributed by atoms with Crippen LogP contribution in [-0.2, 0) is 13.0 Å². The third-order valence-corrected chi connectivity index (χ3v) is 4.52. The van der Waals surface area contributed by atoms with Crippen molar-refractivity contribution in [3.8, 4) is 0 Å². The third-order valence-electron chi connectivity index (χ3n) is 3.58. The second-order valence-corrected chi connectivity index (χ2v) is 6.16. The monoisotopic (exact) mass is 261 g/mol. The second-order valence-electron chi connectivity index (χ2n) is 5.13. The molecule has 0 saturated heterocycles. The Hall–Kier alpha value is -1.06. The lowest BCUT2D eigenvalue weighted by Gasteiger charge is -2.01. The molecule has 0 spiro atoms. The van der Waals surface area contributed by atoms with Gasteiger partial charge in [-0.05, 0) is 42.3 Å². The summed E-state index contributed by atoms with van der Waals surface area (Å²) in [6.07, 6.45) is 2.39. The maximum atomic E-state index is 5.86. The van der Waals surface area contributed by atoms with Crippen LogP contribution in [0.5, 0.6) is 0 Å². The van der Waals surface area contributed by atoms with E-state index in [1.54, 1.807) is 0 Å². The van der Waals surface area contributed by atoms with Crippen molar-refractivity contribution >= 4 is 11.3 Å². The Bertz CT molecular complexity index is 488. The van der Waals surface area contributed by atoms with Crippen LogP contribution in [0.3, 0.4) is 0 Å². The maximum Gasteiger partial charge on any atom is 0.117 e. The van der Waals surface area contributed by atoms with E-state index in [1.807, 2.05) is 11.3 Å². The predicted octanol–water partition coefficient (Wildman–Crippen LogP) is 3.80. The van der Waals surface area contributed by atoms with Gasteiger partial charge in [0.2, 0.25) is 0 Å². The molecule has 2 aromatic rings. The van der Waals surface area contributed by atoms with Crippen molar-refractivity contribution in [2.45, 2.75) is 32.2 Å². The number of furan rings is 1. The Kier molecular flexibility index (Phi) is 3.52. The molecule has 0 aromatic carbocycles. The standard InChI is InChI=1S/C15H19NOS/c1-11-9-14(11)15-5-4-12(17-15)10-16-7-6-13-3-2-8-18-13/h2-5,8,11,14,16H,6-7,9-10H2,1H3. The van der Waals surface area contributed by atoms with Gasteiger partial charge in [-0.3, -0.25) is 0 Å². The molecule has 1 fully saturated rings. The fourth-order valence-corrected chi connectivity index (χ4v) is 2.99. The minimum Gasteiger partial charge on any atom is -0.464 e. The van der Waals surface area contributed by atoms with Crippen LogP contribution in [-0.4, -0.2) is 6.54 Å². The van der Waals surface area contributed by atoms with E-state index in [1.165, 1.54) is 17.1 Å². The molecule has 1 saturated carbocycles. The average Bonchev–Trinajstić information content (AvgIpc) is 2.86. The number of hydrogen-bond donors (Lipinski definition) is 1. The SMILES string of the molecule is CC1CC1c1ccc(CNCCc2cccs2)o1. The van der Waals surface area contributed by atoms with Gasteiger partial charge in [0.15, 0.2) is 0 Å². The van der Waals surface area contributed by atoms with Gasteiger partial charge >= 0.3 is 0 Å². The molecule has 0 bridgehead atoms. The van der Waals surface area contributed by atoms with Gasteiger partial charge in [0.05, 0.1) is 6.54 Å². The minimum absolute atomic E-state index is 0.685. The molecule has 1 N–H and O–H groups in total. The first-order chi connectivity index (χ1) is 8.83. The minimum atomic E-state index is 0.685. The molecule has 18 heavy (non-hydrogen) atoms. The molecule has 96 valence electrons. The summed E-state index contributed by atoms with van der Waals surface area (Å²) in [5.74, 6) is 3.74. The molecule has 2 atom stereocenters. The summed E-state index contributed by atoms with van der Waals surface area (Å²) < 4.78 is 5.86. The predicted molar refractivity (Wildman–Crippen MR) is 75.0 cm³/mol. The normalized spacial score (nSPS) is 22.3. The number of rotatable bonds is 6. The van der Waals surface area contributed by atoms with Crippen molar-refractivity contribution in [1.29, 1.82) is 0 Å². The lowest BCUT2D eigenvalue weighted by Crippen LogP contribution is -2.15. The van der Waals surface area contributed by atoms with Gasteiger partial charge in [-0.15, -0.1) is 11.3 Å². The summed E-state index contributed by atoms with van der Waals surface area (Å²) in [6, 6.07) is 8.55. The van der Waals surface area contributed by atoms with Crippen molar-refractivity contribution in [2.24, 2.45) is 5.92 Å². The fourth-order valence-electron chi connectivity index (χ4n) is 2.29. The summed E-state index contributed by atoms with van der Waals surface area (Å²) >= 11 is 1.82. The van der Waals surface area contributed by atoms with E-state index in [0.717, 1.165) is 31.2 Å². The van der Waals surface area contributed by atoms with E-state index in [9.17, 15) is 0 Å². The summed E-state index contributed by atoms with van der Waals surface area (Å²) in [7, 11) is 0. The molecule has 2 nitrogen and oxygen atoms in total. The summed E-state index contributed by atoms with van der Waals surface area (Å²) in [5, 5.41) is 5.57. The van der Waals surface area contributed by atoms with Gasteiger partial charge in [0, 0.05) is 17.3 Å². The largest absolute Gasteiger partial charge is 0.464 e. The number of thiophene rings is 1. The van der Waals surface area contributed by atoms with E-state index >= 15 is 0 Å². The zero-order valence-electron chi connectivity index (χ0n) is 10.7. The van der Waals surface area contributed by atoms with Crippen LogP contribution in [0.4, 0.5) is 0 Å². The van der Waals surface area contributed by atoms with E-state index in [0.29, 0.717) is 5.92 Å². The highest BCUT2D eigenvalue weighted by Gasteiger charge is 2.36. The van der Waals surface area contributed by atoms with Crippen LogP contribution in [0.2, 0.25) is 0 Å². The Morgan fingerprint density at radius 1 is 1.39 bits per heavy atom. The van der Waals surface area contributed by atoms with Crippen molar-refractivity contribution in [1.82, 2.24) is 5.32 Å². The molecular formula is C15H19NOS. The van der Waals surface area contributed by atoms with E-state index < -0.39 is 0 Å². The highest BCUT2D eigenvalue weighted by Crippen LogP contribution is 2.47. The van der Waals surface area contributed by atoms with Crippen LogP contribution >= 0.6 is 11.3 Å². The zero-order chi connectivity index (χ0) is 12.4. The van der Waals surface area contributed by atoms with Crippen LogP contribution in [0.15, 0.2) is 34.1 Å². The van der Waals surface area contributed by atoms with E-state index in [4.69, 9.17) is 4.42 Å². The Labute approximate surface area is 112 Å². The Morgan fingerprint density at radius 2 is 2.28 bits per heavy atom. The topological polar surface area (TPSA) is 25.2 Å². The molecule has 2 heterocycles. The van der Waals surface area contributed by atoms with E-state index in [2.05, 4.69) is 41.9 Å². The van der Waals surface area contributed by atoms with Crippen molar-refractivity contribution in [2.75, 3.05) is 6.54 Å². The van der Waals surface area contributed by atoms with Crippen LogP contribution in [0.25, 0.3) is 0 Å². The Balaban J connectivity index is 1.41. The molecule has 0 amide bonds. The average molecular weight is 261 g/mol. The molecule has 0 aliphatic heterocycles. The lowest BCUT2D eigenvalue weighted by molar-refractivity contribution is 0.445. The summed E-state index contributed by atoms with van der Waals surface area (Å²) in [6.45, 7) is 4.13. The van der Waals surface area contributed by atoms with Crippen LogP contribution in [0, 0.1) is 5.92 Å². The van der Waals surface area contributed by atoms with Gasteiger partial charge in [0.25, 0.3) is 0 Å². The number of hydrogen-bond acceptors (Lipinski definition) is 3. The van der Waals surface area contributed by atoms with Crippen molar-refractivity contribution in [3.63, 3.8) is 0 Å². The number of nitrogens with one attached hydrogen (secondary N) is 1. The van der Waals surface area contributed by atoms with Crippen molar-refractivity contribution in [3.05, 3.63) is 46.0 Å². The van der Waals surface area contributed by atoms with Gasteiger partial charge in [-0.1, -0.05) is 13.0 Å². The first kappa shape index (κ1) is 12.0. The van der Waals surface area contributed by atoms with Gasteiger partial charge in [0.1, 0.15) is 11.5 Å². The van der Waals surface area contributed by atoms with E-state index in [-0.39, 0.29) is 0 Å². The first-order valence-electron chi connectivity index (χ1n) is 6.64. The molecule has 3 rings (SSSR count).